The van der Waals surface area contributed by atoms with Crippen LogP contribution in [0, 0.1) is 6.92 Å². The molecule has 4 aromatic rings. The van der Waals surface area contributed by atoms with Gasteiger partial charge in [0.25, 0.3) is 5.91 Å². The van der Waals surface area contributed by atoms with E-state index in [4.69, 9.17) is 16.2 Å². The molecule has 6 N–H and O–H groups in total. The molecule has 12 nitrogen and oxygen atoms in total. The Kier molecular flexibility index (Phi) is 8.05. The van der Waals surface area contributed by atoms with Gasteiger partial charge in [0, 0.05) is 42.3 Å². The number of aryl methyl sites for hydroxylation is 1. The Balaban J connectivity index is 1.06. The largest absolute Gasteiger partial charge is 0.492 e. The number of likely N-dealkylation sites (tertiary alicyclic amines) is 1. The second-order valence-electron chi connectivity index (χ2n) is 13.1. The molecular weight excluding hydrogens is 582 g/mol. The average molecular weight is 624 g/mol. The maximum absolute atomic E-state index is 13.7. The molecule has 0 atom stereocenters. The minimum atomic E-state index is -0.603. The monoisotopic (exact) mass is 623 g/mol. The fourth-order valence-corrected chi connectivity index (χ4v) is 6.05. The molecular formula is C34H41N9O3. The average Bonchev–Trinajstić information content (AvgIpc) is 3.62. The third kappa shape index (κ3) is 6.19. The topological polar surface area (TPSA) is 166 Å². The van der Waals surface area contributed by atoms with Gasteiger partial charge in [-0.3, -0.25) is 9.59 Å². The summed E-state index contributed by atoms with van der Waals surface area (Å²) in [5.74, 6) is 0.729. The lowest BCUT2D eigenvalue weighted by atomic mass is 9.87. The van der Waals surface area contributed by atoms with Gasteiger partial charge in [-0.25, -0.2) is 9.97 Å². The second-order valence-corrected chi connectivity index (χ2v) is 13.1. The molecule has 1 spiro atoms. The number of benzene rings is 2. The van der Waals surface area contributed by atoms with E-state index in [0.717, 1.165) is 16.7 Å². The zero-order valence-corrected chi connectivity index (χ0v) is 26.8. The van der Waals surface area contributed by atoms with Gasteiger partial charge >= 0.3 is 5.91 Å². The van der Waals surface area contributed by atoms with Gasteiger partial charge < -0.3 is 36.3 Å². The van der Waals surface area contributed by atoms with E-state index in [9.17, 15) is 9.59 Å². The predicted molar refractivity (Wildman–Crippen MR) is 179 cm³/mol. The van der Waals surface area contributed by atoms with Gasteiger partial charge in [-0.05, 0) is 61.1 Å². The molecule has 2 aliphatic heterocycles. The molecule has 240 valence electrons. The number of ether oxygens (including phenoxy) is 1. The summed E-state index contributed by atoms with van der Waals surface area (Å²) in [7, 11) is 0. The minimum Gasteiger partial charge on any atom is -0.492 e. The molecule has 0 radical (unpaired) electrons. The number of amides is 2. The van der Waals surface area contributed by atoms with Crippen LogP contribution in [-0.4, -0.2) is 69.0 Å². The van der Waals surface area contributed by atoms with Crippen molar-refractivity contribution in [2.75, 3.05) is 37.7 Å². The number of piperidine rings is 1. The van der Waals surface area contributed by atoms with Crippen LogP contribution in [0.5, 0.6) is 5.75 Å². The van der Waals surface area contributed by atoms with Gasteiger partial charge in [-0.1, -0.05) is 39.0 Å². The van der Waals surface area contributed by atoms with Crippen molar-refractivity contribution >= 4 is 40.3 Å². The van der Waals surface area contributed by atoms with Crippen molar-refractivity contribution in [3.05, 3.63) is 77.2 Å². The minimum absolute atomic E-state index is 0.0104. The molecule has 2 aliphatic rings. The maximum Gasteiger partial charge on any atom is 0.302 e. The number of nitrogens with zero attached hydrogens (tertiary/aromatic N) is 5. The van der Waals surface area contributed by atoms with Crippen LogP contribution in [0.2, 0.25) is 0 Å². The number of anilines is 2. The first-order valence-corrected chi connectivity index (χ1v) is 15.6. The number of rotatable bonds is 6. The van der Waals surface area contributed by atoms with Gasteiger partial charge in [-0.15, -0.1) is 0 Å². The number of aromatic nitrogens is 3. The first-order chi connectivity index (χ1) is 21.9. The highest BCUT2D eigenvalue weighted by Crippen LogP contribution is 2.28. The SMILES string of the molecule is Cc1nc(C(=O)/N=C2\NCC3(CCN(C(=O)c4cccc5c4ccn5CCOc4ccc(C(C)(C)C)cc4)CC3)N2)c(N)nc1N. The molecule has 0 unspecified atom stereocenters. The summed E-state index contributed by atoms with van der Waals surface area (Å²) in [5.41, 5.74) is 14.7. The molecule has 2 aromatic carbocycles. The molecule has 12 heteroatoms. The van der Waals surface area contributed by atoms with Crippen LogP contribution in [0.3, 0.4) is 0 Å². The van der Waals surface area contributed by atoms with Gasteiger partial charge in [0.15, 0.2) is 17.5 Å². The fourth-order valence-electron chi connectivity index (χ4n) is 6.05. The Bertz CT molecular complexity index is 1810. The number of hydrogen-bond acceptors (Lipinski definition) is 7. The van der Waals surface area contributed by atoms with E-state index < -0.39 is 5.91 Å². The molecule has 2 fully saturated rings. The zero-order chi connectivity index (χ0) is 32.6. The summed E-state index contributed by atoms with van der Waals surface area (Å²) in [4.78, 5) is 40.7. The number of aliphatic imine (C=N–C) groups is 1. The summed E-state index contributed by atoms with van der Waals surface area (Å²) < 4.78 is 8.16. The zero-order valence-electron chi connectivity index (χ0n) is 26.8. The first kappa shape index (κ1) is 30.9. The number of hydrogen-bond donors (Lipinski definition) is 4. The van der Waals surface area contributed by atoms with Crippen molar-refractivity contribution in [2.45, 2.75) is 58.0 Å². The van der Waals surface area contributed by atoms with Crippen molar-refractivity contribution in [1.82, 2.24) is 30.1 Å². The highest BCUT2D eigenvalue weighted by atomic mass is 16.5. The second kappa shape index (κ2) is 12.0. The summed E-state index contributed by atoms with van der Waals surface area (Å²) in [6.07, 6.45) is 3.42. The van der Waals surface area contributed by atoms with Crippen LogP contribution < -0.4 is 26.8 Å². The van der Waals surface area contributed by atoms with Crippen LogP contribution >= 0.6 is 0 Å². The Morgan fingerprint density at radius 3 is 2.48 bits per heavy atom. The third-order valence-electron chi connectivity index (χ3n) is 8.90. The van der Waals surface area contributed by atoms with Crippen molar-refractivity contribution in [3.8, 4) is 5.75 Å². The number of fused-ring (bicyclic) bond motifs is 1. The van der Waals surface area contributed by atoms with Gasteiger partial charge in [0.05, 0.1) is 17.8 Å². The quantitative estimate of drug-likeness (QED) is 0.251. The van der Waals surface area contributed by atoms with Gasteiger partial charge in [0.2, 0.25) is 0 Å². The standard InChI is InChI=1S/C34H41N9O3/c1-21-28(35)39-29(36)27(38-21)30(44)40-32-37-20-34(41-32)13-16-43(17-14-34)31(45)25-6-5-7-26-24(25)12-15-42(26)18-19-46-23-10-8-22(9-11-23)33(2,3)4/h5-12,15H,13-14,16-20H2,1-4H3,(H4,35,36,39)(H2,37,40,41,44). The van der Waals surface area contributed by atoms with Crippen LogP contribution in [0.25, 0.3) is 10.9 Å². The molecule has 4 heterocycles. The Hall–Kier alpha value is -5.13. The van der Waals surface area contributed by atoms with E-state index in [-0.39, 0.29) is 34.2 Å². The molecule has 46 heavy (non-hydrogen) atoms. The summed E-state index contributed by atoms with van der Waals surface area (Å²) in [6, 6.07) is 16.1. The van der Waals surface area contributed by atoms with E-state index in [0.29, 0.717) is 62.8 Å². The number of nitrogen functional groups attached to an aromatic ring is 2. The molecule has 6 rings (SSSR count). The Labute approximate surface area is 268 Å². The summed E-state index contributed by atoms with van der Waals surface area (Å²) in [5, 5.41) is 7.49. The highest BCUT2D eigenvalue weighted by Gasteiger charge is 2.41. The number of guanidine groups is 1. The number of nitrogens with two attached hydrogens (primary N) is 2. The van der Waals surface area contributed by atoms with Crippen molar-refractivity contribution in [1.29, 1.82) is 0 Å². The van der Waals surface area contributed by atoms with E-state index in [1.165, 1.54) is 5.56 Å². The van der Waals surface area contributed by atoms with Crippen molar-refractivity contribution < 1.29 is 14.3 Å². The number of nitrogens with one attached hydrogen (secondary N) is 2. The molecule has 0 saturated carbocycles. The third-order valence-corrected chi connectivity index (χ3v) is 8.90. The van der Waals surface area contributed by atoms with Crippen LogP contribution in [0.1, 0.15) is 65.7 Å². The molecule has 0 bridgehead atoms. The lowest BCUT2D eigenvalue weighted by Gasteiger charge is -2.38. The van der Waals surface area contributed by atoms with Crippen LogP contribution in [-0.2, 0) is 12.0 Å². The maximum atomic E-state index is 13.7. The molecule has 0 aliphatic carbocycles. The molecule has 2 amide bonds. The highest BCUT2D eigenvalue weighted by molar-refractivity contribution is 6.07. The Morgan fingerprint density at radius 2 is 1.76 bits per heavy atom. The van der Waals surface area contributed by atoms with E-state index in [2.05, 4.69) is 63.1 Å². The van der Waals surface area contributed by atoms with E-state index in [1.807, 2.05) is 47.5 Å². The fraction of sp³-hybridized carbons (Fsp3) is 0.382. The van der Waals surface area contributed by atoms with Gasteiger partial charge in [0.1, 0.15) is 18.2 Å². The molecule has 2 aromatic heterocycles. The van der Waals surface area contributed by atoms with Crippen LogP contribution in [0.15, 0.2) is 59.7 Å². The van der Waals surface area contributed by atoms with E-state index >= 15 is 0 Å². The summed E-state index contributed by atoms with van der Waals surface area (Å²) in [6.45, 7) is 11.2. The Morgan fingerprint density at radius 1 is 1.02 bits per heavy atom. The van der Waals surface area contributed by atoms with Gasteiger partial charge in [-0.2, -0.15) is 4.99 Å². The summed E-state index contributed by atoms with van der Waals surface area (Å²) >= 11 is 0. The predicted octanol–water partition coefficient (Wildman–Crippen LogP) is 3.64. The van der Waals surface area contributed by atoms with Crippen LogP contribution in [0.4, 0.5) is 11.6 Å². The number of carbonyl (C=O) groups excluding carboxylic acids is 2. The van der Waals surface area contributed by atoms with E-state index in [1.54, 1.807) is 6.92 Å². The van der Waals surface area contributed by atoms with Crippen molar-refractivity contribution in [3.63, 3.8) is 0 Å². The first-order valence-electron chi connectivity index (χ1n) is 15.6. The molecule has 2 saturated heterocycles. The normalized spacial score (nSPS) is 16.9. The lowest BCUT2D eigenvalue weighted by molar-refractivity contribution is 0.0671. The van der Waals surface area contributed by atoms with Crippen molar-refractivity contribution in [2.24, 2.45) is 4.99 Å². The number of carbonyl (C=O) groups is 2. The smallest absolute Gasteiger partial charge is 0.302 e. The lowest BCUT2D eigenvalue weighted by Crippen LogP contribution is -2.53.